The molecule has 7 heteroatoms. The summed E-state index contributed by atoms with van der Waals surface area (Å²) in [6.45, 7) is 4.65. The van der Waals surface area contributed by atoms with Gasteiger partial charge in [-0.1, -0.05) is 23.9 Å². The van der Waals surface area contributed by atoms with Crippen LogP contribution in [0.5, 0.6) is 5.75 Å². The standard InChI is InChI=1S/C18H19N3O2S2/c1-11-12(2)25-18-16(11)17(20-10-21-18)24-9-15(22)19-8-13-4-6-14(23-3)7-5-13/h4-7,10H,8-9H2,1-3H3,(H,19,22). The number of ether oxygens (including phenoxy) is 1. The quantitative estimate of drug-likeness (QED) is 0.527. The first-order valence-electron chi connectivity index (χ1n) is 7.81. The number of amides is 1. The minimum Gasteiger partial charge on any atom is -0.497 e. The van der Waals surface area contributed by atoms with Crippen molar-refractivity contribution in [2.24, 2.45) is 0 Å². The molecule has 0 unspecified atom stereocenters. The number of carbonyl (C=O) groups is 1. The van der Waals surface area contributed by atoms with Crippen molar-refractivity contribution in [3.63, 3.8) is 0 Å². The highest BCUT2D eigenvalue weighted by Gasteiger charge is 2.13. The average Bonchev–Trinajstić information content (AvgIpc) is 2.93. The van der Waals surface area contributed by atoms with Crippen LogP contribution in [0.15, 0.2) is 35.6 Å². The van der Waals surface area contributed by atoms with Gasteiger partial charge in [-0.15, -0.1) is 11.3 Å². The van der Waals surface area contributed by atoms with Crippen LogP contribution in [-0.4, -0.2) is 28.7 Å². The van der Waals surface area contributed by atoms with E-state index in [1.165, 1.54) is 22.2 Å². The van der Waals surface area contributed by atoms with Crippen molar-refractivity contribution in [2.75, 3.05) is 12.9 Å². The van der Waals surface area contributed by atoms with Gasteiger partial charge in [0.05, 0.1) is 12.9 Å². The van der Waals surface area contributed by atoms with Crippen molar-refractivity contribution in [3.8, 4) is 5.75 Å². The van der Waals surface area contributed by atoms with Crippen molar-refractivity contribution in [2.45, 2.75) is 25.4 Å². The molecule has 3 rings (SSSR count). The van der Waals surface area contributed by atoms with E-state index in [0.29, 0.717) is 12.3 Å². The third kappa shape index (κ3) is 4.11. The average molecular weight is 374 g/mol. The van der Waals surface area contributed by atoms with Crippen molar-refractivity contribution >= 4 is 39.2 Å². The maximum atomic E-state index is 12.1. The Morgan fingerprint density at radius 3 is 2.72 bits per heavy atom. The fourth-order valence-corrected chi connectivity index (χ4v) is 4.34. The van der Waals surface area contributed by atoms with Gasteiger partial charge in [0, 0.05) is 16.8 Å². The van der Waals surface area contributed by atoms with Gasteiger partial charge in [0.25, 0.3) is 0 Å². The molecule has 25 heavy (non-hydrogen) atoms. The fourth-order valence-electron chi connectivity index (χ4n) is 2.39. The highest BCUT2D eigenvalue weighted by atomic mass is 32.2. The zero-order valence-corrected chi connectivity index (χ0v) is 16.0. The molecule has 130 valence electrons. The van der Waals surface area contributed by atoms with Crippen LogP contribution in [0.3, 0.4) is 0 Å². The summed E-state index contributed by atoms with van der Waals surface area (Å²) >= 11 is 3.11. The molecule has 5 nitrogen and oxygen atoms in total. The number of methoxy groups -OCH3 is 1. The Kier molecular flexibility index (Phi) is 5.55. The van der Waals surface area contributed by atoms with E-state index < -0.39 is 0 Å². The third-order valence-corrected chi connectivity index (χ3v) is 6.02. The molecule has 0 saturated carbocycles. The van der Waals surface area contributed by atoms with E-state index in [1.54, 1.807) is 24.8 Å². The number of rotatable bonds is 6. The molecule has 3 aromatic rings. The van der Waals surface area contributed by atoms with Gasteiger partial charge in [-0.2, -0.15) is 0 Å². The number of benzene rings is 1. The number of aromatic nitrogens is 2. The molecular weight excluding hydrogens is 354 g/mol. The number of carbonyl (C=O) groups excluding carboxylic acids is 1. The van der Waals surface area contributed by atoms with Crippen LogP contribution in [0, 0.1) is 13.8 Å². The van der Waals surface area contributed by atoms with E-state index in [4.69, 9.17) is 4.74 Å². The maximum absolute atomic E-state index is 12.1. The van der Waals surface area contributed by atoms with Crippen molar-refractivity contribution in [1.82, 2.24) is 15.3 Å². The Morgan fingerprint density at radius 1 is 1.24 bits per heavy atom. The Bertz CT molecular complexity index is 891. The van der Waals surface area contributed by atoms with E-state index in [-0.39, 0.29) is 5.91 Å². The molecule has 0 spiro atoms. The Balaban J connectivity index is 1.59. The monoisotopic (exact) mass is 373 g/mol. The normalized spacial score (nSPS) is 10.8. The van der Waals surface area contributed by atoms with Crippen molar-refractivity contribution in [3.05, 3.63) is 46.6 Å². The second-order valence-electron chi connectivity index (χ2n) is 5.56. The van der Waals surface area contributed by atoms with Crippen LogP contribution >= 0.6 is 23.1 Å². The lowest BCUT2D eigenvalue weighted by Crippen LogP contribution is -2.24. The molecule has 0 bridgehead atoms. The van der Waals surface area contributed by atoms with Gasteiger partial charge in [0.15, 0.2) is 0 Å². The zero-order valence-electron chi connectivity index (χ0n) is 14.3. The molecule has 0 aliphatic heterocycles. The number of hydrogen-bond donors (Lipinski definition) is 1. The largest absolute Gasteiger partial charge is 0.497 e. The molecule has 0 atom stereocenters. The second-order valence-corrected chi connectivity index (χ2v) is 7.72. The summed E-state index contributed by atoms with van der Waals surface area (Å²) in [6.07, 6.45) is 1.56. The van der Waals surface area contributed by atoms with Gasteiger partial charge < -0.3 is 10.1 Å². The molecule has 2 aromatic heterocycles. The van der Waals surface area contributed by atoms with Crippen molar-refractivity contribution in [1.29, 1.82) is 0 Å². The van der Waals surface area contributed by atoms with E-state index in [1.807, 2.05) is 24.3 Å². The highest BCUT2D eigenvalue weighted by Crippen LogP contribution is 2.34. The zero-order chi connectivity index (χ0) is 17.8. The highest BCUT2D eigenvalue weighted by molar-refractivity contribution is 8.00. The number of thioether (sulfide) groups is 1. The molecule has 0 fully saturated rings. The maximum Gasteiger partial charge on any atom is 0.230 e. The first kappa shape index (κ1) is 17.7. The molecule has 0 aliphatic carbocycles. The molecule has 2 heterocycles. The third-order valence-electron chi connectivity index (χ3n) is 3.92. The smallest absolute Gasteiger partial charge is 0.230 e. The number of fused-ring (bicyclic) bond motifs is 1. The molecule has 0 saturated heterocycles. The van der Waals surface area contributed by atoms with Gasteiger partial charge in [0.1, 0.15) is 21.9 Å². The predicted molar refractivity (Wildman–Crippen MR) is 102 cm³/mol. The lowest BCUT2D eigenvalue weighted by molar-refractivity contribution is -0.118. The van der Waals surface area contributed by atoms with Crippen molar-refractivity contribution < 1.29 is 9.53 Å². The van der Waals surface area contributed by atoms with Crippen LogP contribution in [-0.2, 0) is 11.3 Å². The number of nitrogens with one attached hydrogen (secondary N) is 1. The van der Waals surface area contributed by atoms with Crippen LogP contribution in [0.25, 0.3) is 10.2 Å². The lowest BCUT2D eigenvalue weighted by Gasteiger charge is -2.07. The summed E-state index contributed by atoms with van der Waals surface area (Å²) in [5.74, 6) is 1.12. The predicted octanol–water partition coefficient (Wildman–Crippen LogP) is 3.73. The molecule has 1 aromatic carbocycles. The molecule has 1 amide bonds. The molecule has 1 N–H and O–H groups in total. The van der Waals surface area contributed by atoms with Crippen LogP contribution in [0.4, 0.5) is 0 Å². The summed E-state index contributed by atoms with van der Waals surface area (Å²) < 4.78 is 5.13. The first-order valence-corrected chi connectivity index (χ1v) is 9.62. The Hall–Kier alpha value is -2.12. The van der Waals surface area contributed by atoms with E-state index in [9.17, 15) is 4.79 Å². The Morgan fingerprint density at radius 2 is 2.00 bits per heavy atom. The van der Waals surface area contributed by atoms with Crippen LogP contribution in [0.2, 0.25) is 0 Å². The van der Waals surface area contributed by atoms with Crippen LogP contribution < -0.4 is 10.1 Å². The summed E-state index contributed by atoms with van der Waals surface area (Å²) in [4.78, 5) is 23.0. The van der Waals surface area contributed by atoms with E-state index in [2.05, 4.69) is 29.1 Å². The number of hydrogen-bond acceptors (Lipinski definition) is 6. The summed E-state index contributed by atoms with van der Waals surface area (Å²) in [6, 6.07) is 7.65. The molecular formula is C18H19N3O2S2. The minimum absolute atomic E-state index is 0.0165. The SMILES string of the molecule is COc1ccc(CNC(=O)CSc2ncnc3sc(C)c(C)c23)cc1. The summed E-state index contributed by atoms with van der Waals surface area (Å²) in [7, 11) is 1.63. The van der Waals surface area contributed by atoms with E-state index >= 15 is 0 Å². The second kappa shape index (κ2) is 7.84. The molecule has 0 aliphatic rings. The first-order chi connectivity index (χ1) is 12.1. The number of thiophene rings is 1. The van der Waals surface area contributed by atoms with Gasteiger partial charge >= 0.3 is 0 Å². The number of aryl methyl sites for hydroxylation is 2. The summed E-state index contributed by atoms with van der Waals surface area (Å²) in [5.41, 5.74) is 2.23. The molecule has 0 radical (unpaired) electrons. The summed E-state index contributed by atoms with van der Waals surface area (Å²) in [5, 5.41) is 4.87. The van der Waals surface area contributed by atoms with Gasteiger partial charge in [0.2, 0.25) is 5.91 Å². The lowest BCUT2D eigenvalue weighted by atomic mass is 10.2. The van der Waals surface area contributed by atoms with Gasteiger partial charge in [-0.25, -0.2) is 9.97 Å². The van der Waals surface area contributed by atoms with Gasteiger partial charge in [-0.05, 0) is 37.1 Å². The van der Waals surface area contributed by atoms with Gasteiger partial charge in [-0.3, -0.25) is 4.79 Å². The fraction of sp³-hybridized carbons (Fsp3) is 0.278. The topological polar surface area (TPSA) is 64.1 Å². The Labute approximate surface area is 154 Å². The minimum atomic E-state index is -0.0165. The van der Waals surface area contributed by atoms with Crippen LogP contribution in [0.1, 0.15) is 16.0 Å². The van der Waals surface area contributed by atoms with E-state index in [0.717, 1.165) is 26.6 Å². The number of nitrogens with zero attached hydrogens (tertiary/aromatic N) is 2.